The Bertz CT molecular complexity index is 562. The number of aryl methyl sites for hydroxylation is 1. The molecule has 0 aromatic carbocycles. The zero-order valence-electron chi connectivity index (χ0n) is 10.4. The Balaban J connectivity index is 2.03. The van der Waals surface area contributed by atoms with E-state index >= 15 is 0 Å². The van der Waals surface area contributed by atoms with E-state index in [1.54, 1.807) is 0 Å². The summed E-state index contributed by atoms with van der Waals surface area (Å²) in [7, 11) is 0. The summed E-state index contributed by atoms with van der Waals surface area (Å²) in [5.74, 6) is 1.71. The second-order valence-electron chi connectivity index (χ2n) is 4.80. The molecule has 1 aliphatic rings. The van der Waals surface area contributed by atoms with Gasteiger partial charge in [-0.15, -0.1) is 11.6 Å². The highest BCUT2D eigenvalue weighted by Crippen LogP contribution is 2.49. The highest BCUT2D eigenvalue weighted by molar-refractivity contribution is 8.00. The van der Waals surface area contributed by atoms with Gasteiger partial charge >= 0.3 is 0 Å². The Morgan fingerprint density at radius 2 is 2.33 bits per heavy atom. The van der Waals surface area contributed by atoms with Crippen LogP contribution in [-0.4, -0.2) is 31.4 Å². The third kappa shape index (κ3) is 2.12. The minimum Gasteiger partial charge on any atom is -0.326 e. The summed E-state index contributed by atoms with van der Waals surface area (Å²) in [5.41, 5.74) is 2.17. The Morgan fingerprint density at radius 3 is 3.00 bits per heavy atom. The van der Waals surface area contributed by atoms with Crippen LogP contribution in [0.4, 0.5) is 0 Å². The normalized spacial score (nSPS) is 17.2. The molecule has 2 aromatic rings. The molecule has 0 bridgehead atoms. The lowest BCUT2D eigenvalue weighted by molar-refractivity contribution is 0.645. The van der Waals surface area contributed by atoms with Gasteiger partial charge in [-0.1, -0.05) is 0 Å². The topological polar surface area (TPSA) is 30.7 Å². The highest BCUT2D eigenvalue weighted by atomic mass is 35.5. The van der Waals surface area contributed by atoms with E-state index in [0.29, 0.717) is 10.6 Å². The van der Waals surface area contributed by atoms with Crippen molar-refractivity contribution in [3.63, 3.8) is 0 Å². The average Bonchev–Trinajstić information content (AvgIpc) is 3.09. The van der Waals surface area contributed by atoms with Gasteiger partial charge in [0.05, 0.1) is 11.7 Å². The number of rotatable bonds is 5. The van der Waals surface area contributed by atoms with Gasteiger partial charge in [0, 0.05) is 29.8 Å². The molecule has 1 fully saturated rings. The number of nitrogens with zero attached hydrogens (tertiary/aromatic N) is 3. The Hall–Kier alpha value is -0.740. The average molecular weight is 282 g/mol. The second-order valence-corrected chi connectivity index (χ2v) is 6.46. The standard InChI is InChI=1S/C13H16ClN3S/c1-18-13(4-5-13)9-17-11-3-7-15-8-10(11)16-12(17)2-6-14/h3,7-8H,2,4-6,9H2,1H3. The van der Waals surface area contributed by atoms with Crippen LogP contribution >= 0.6 is 23.4 Å². The van der Waals surface area contributed by atoms with Crippen LogP contribution in [0.1, 0.15) is 18.7 Å². The van der Waals surface area contributed by atoms with Gasteiger partial charge in [-0.3, -0.25) is 4.98 Å². The van der Waals surface area contributed by atoms with Crippen molar-refractivity contribution in [2.45, 2.75) is 30.6 Å². The number of alkyl halides is 1. The van der Waals surface area contributed by atoms with E-state index < -0.39 is 0 Å². The summed E-state index contributed by atoms with van der Waals surface area (Å²) >= 11 is 7.86. The van der Waals surface area contributed by atoms with Crippen molar-refractivity contribution in [1.29, 1.82) is 0 Å². The molecule has 3 nitrogen and oxygen atoms in total. The van der Waals surface area contributed by atoms with E-state index in [4.69, 9.17) is 11.6 Å². The number of hydrogen-bond acceptors (Lipinski definition) is 3. The number of pyridine rings is 1. The van der Waals surface area contributed by atoms with E-state index in [2.05, 4.69) is 26.9 Å². The van der Waals surface area contributed by atoms with Crippen LogP contribution in [-0.2, 0) is 13.0 Å². The molecule has 0 amide bonds. The van der Waals surface area contributed by atoms with Crippen LogP contribution in [0, 0.1) is 0 Å². The summed E-state index contributed by atoms with van der Waals surface area (Å²) in [6.45, 7) is 1.04. The highest BCUT2D eigenvalue weighted by Gasteiger charge is 2.42. The van der Waals surface area contributed by atoms with Gasteiger partial charge in [0.25, 0.3) is 0 Å². The summed E-state index contributed by atoms with van der Waals surface area (Å²) < 4.78 is 2.76. The number of imidazole rings is 1. The monoisotopic (exact) mass is 281 g/mol. The predicted octanol–water partition coefficient (Wildman–Crippen LogP) is 3.11. The molecule has 1 aliphatic carbocycles. The molecule has 0 aliphatic heterocycles. The van der Waals surface area contributed by atoms with Crippen molar-refractivity contribution in [2.75, 3.05) is 12.1 Å². The van der Waals surface area contributed by atoms with Crippen LogP contribution in [0.25, 0.3) is 11.0 Å². The van der Waals surface area contributed by atoms with Gasteiger partial charge in [-0.25, -0.2) is 4.98 Å². The number of aromatic nitrogens is 3. The second kappa shape index (κ2) is 4.74. The molecule has 2 aromatic heterocycles. The molecule has 0 saturated heterocycles. The molecular formula is C13H16ClN3S. The summed E-state index contributed by atoms with van der Waals surface area (Å²) in [5, 5.41) is 0. The molecule has 0 atom stereocenters. The first-order valence-corrected chi connectivity index (χ1v) is 7.94. The van der Waals surface area contributed by atoms with Crippen LogP contribution in [0.5, 0.6) is 0 Å². The third-order valence-electron chi connectivity index (χ3n) is 3.63. The van der Waals surface area contributed by atoms with Crippen LogP contribution in [0.15, 0.2) is 18.5 Å². The number of hydrogen-bond donors (Lipinski definition) is 0. The number of halogens is 1. The molecule has 1 saturated carbocycles. The van der Waals surface area contributed by atoms with Crippen molar-refractivity contribution < 1.29 is 0 Å². The van der Waals surface area contributed by atoms with Crippen LogP contribution < -0.4 is 0 Å². The lowest BCUT2D eigenvalue weighted by Crippen LogP contribution is -2.16. The summed E-state index contributed by atoms with van der Waals surface area (Å²) in [6, 6.07) is 2.05. The van der Waals surface area contributed by atoms with E-state index in [1.165, 1.54) is 18.4 Å². The quantitative estimate of drug-likeness (QED) is 0.789. The molecule has 0 radical (unpaired) electrons. The van der Waals surface area contributed by atoms with Gasteiger partial charge in [-0.05, 0) is 25.2 Å². The molecule has 18 heavy (non-hydrogen) atoms. The first kappa shape index (κ1) is 12.3. The summed E-state index contributed by atoms with van der Waals surface area (Å²) in [6.07, 6.45) is 9.31. The van der Waals surface area contributed by atoms with Gasteiger partial charge in [-0.2, -0.15) is 11.8 Å². The first-order valence-electron chi connectivity index (χ1n) is 6.18. The number of thioether (sulfide) groups is 1. The molecule has 0 spiro atoms. The zero-order chi connectivity index (χ0) is 12.6. The van der Waals surface area contributed by atoms with Crippen molar-refractivity contribution in [3.8, 4) is 0 Å². The van der Waals surface area contributed by atoms with Crippen molar-refractivity contribution in [1.82, 2.24) is 14.5 Å². The molecular weight excluding hydrogens is 266 g/mol. The Kier molecular flexibility index (Phi) is 3.24. The maximum Gasteiger partial charge on any atom is 0.111 e. The minimum atomic E-state index is 0.429. The zero-order valence-corrected chi connectivity index (χ0v) is 12.0. The molecule has 2 heterocycles. The van der Waals surface area contributed by atoms with Gasteiger partial charge < -0.3 is 4.57 Å². The van der Waals surface area contributed by atoms with E-state index in [9.17, 15) is 0 Å². The van der Waals surface area contributed by atoms with Crippen LogP contribution in [0.3, 0.4) is 0 Å². The predicted molar refractivity (Wildman–Crippen MR) is 77.4 cm³/mol. The SMILES string of the molecule is CSC1(Cn2c(CCCl)nc3cnccc32)CC1. The van der Waals surface area contributed by atoms with Crippen molar-refractivity contribution in [3.05, 3.63) is 24.3 Å². The van der Waals surface area contributed by atoms with Gasteiger partial charge in [0.15, 0.2) is 0 Å². The fourth-order valence-electron chi connectivity index (χ4n) is 2.34. The van der Waals surface area contributed by atoms with Gasteiger partial charge in [0.1, 0.15) is 11.3 Å². The first-order chi connectivity index (χ1) is 8.78. The van der Waals surface area contributed by atoms with Crippen LogP contribution in [0.2, 0.25) is 0 Å². The summed E-state index contributed by atoms with van der Waals surface area (Å²) in [4.78, 5) is 8.80. The fourth-order valence-corrected chi connectivity index (χ4v) is 3.28. The lowest BCUT2D eigenvalue weighted by Gasteiger charge is -2.15. The molecule has 0 N–H and O–H groups in total. The van der Waals surface area contributed by atoms with Crippen molar-refractivity contribution in [2.24, 2.45) is 0 Å². The molecule has 0 unspecified atom stereocenters. The van der Waals surface area contributed by atoms with E-state index in [1.807, 2.05) is 24.2 Å². The van der Waals surface area contributed by atoms with Crippen molar-refractivity contribution >= 4 is 34.4 Å². The molecule has 96 valence electrons. The maximum atomic E-state index is 5.88. The minimum absolute atomic E-state index is 0.429. The Labute approximate surface area is 116 Å². The maximum absolute atomic E-state index is 5.88. The van der Waals surface area contributed by atoms with E-state index in [0.717, 1.165) is 24.3 Å². The fraction of sp³-hybridized carbons (Fsp3) is 0.538. The molecule has 5 heteroatoms. The Morgan fingerprint density at radius 1 is 1.50 bits per heavy atom. The lowest BCUT2D eigenvalue weighted by atomic mass is 10.3. The third-order valence-corrected chi connectivity index (χ3v) is 5.23. The molecule has 3 rings (SSSR count). The van der Waals surface area contributed by atoms with Gasteiger partial charge in [0.2, 0.25) is 0 Å². The number of fused-ring (bicyclic) bond motifs is 1. The largest absolute Gasteiger partial charge is 0.326 e. The smallest absolute Gasteiger partial charge is 0.111 e. The van der Waals surface area contributed by atoms with E-state index in [-0.39, 0.29) is 0 Å².